The van der Waals surface area contributed by atoms with E-state index in [2.05, 4.69) is 40.0 Å². The molecular weight excluding hydrogens is 260 g/mol. The summed E-state index contributed by atoms with van der Waals surface area (Å²) in [6.07, 6.45) is 2.22. The fourth-order valence-corrected chi connectivity index (χ4v) is 2.73. The summed E-state index contributed by atoms with van der Waals surface area (Å²) in [6, 6.07) is 4.30. The van der Waals surface area contributed by atoms with Gasteiger partial charge in [-0.3, -0.25) is 0 Å². The van der Waals surface area contributed by atoms with Gasteiger partial charge in [-0.25, -0.2) is 0 Å². The van der Waals surface area contributed by atoms with E-state index < -0.39 is 0 Å². The average molecular weight is 277 g/mol. The lowest BCUT2D eigenvalue weighted by Gasteiger charge is -2.14. The molecule has 1 aromatic heterocycles. The van der Waals surface area contributed by atoms with Crippen LogP contribution in [0, 0.1) is 0 Å². The molecule has 2 N–H and O–H groups in total. The molecule has 0 fully saturated rings. The number of rotatable bonds is 6. The zero-order valence-electron chi connectivity index (χ0n) is 8.50. The second kappa shape index (κ2) is 6.56. The first kappa shape index (κ1) is 12.2. The Kier molecular flexibility index (Phi) is 5.70. The summed E-state index contributed by atoms with van der Waals surface area (Å²) in [7, 11) is 2.15. The summed E-state index contributed by atoms with van der Waals surface area (Å²) >= 11 is 5.29. The second-order valence-corrected chi connectivity index (χ2v) is 5.95. The first-order valence-corrected chi connectivity index (χ1v) is 6.46. The largest absolute Gasteiger partial charge is 0.330 e. The Morgan fingerprint density at radius 3 is 2.79 bits per heavy atom. The predicted octanol–water partition coefficient (Wildman–Crippen LogP) is 2.33. The number of likely N-dealkylation sites (N-methyl/N-ethyl adjacent to an activating group) is 1. The van der Waals surface area contributed by atoms with Gasteiger partial charge in [-0.2, -0.15) is 0 Å². The molecule has 0 unspecified atom stereocenters. The molecule has 0 amide bonds. The SMILES string of the molecule is CN(CCCN)CCc1ccc(Br)s1. The Hall–Kier alpha value is 0.1000. The summed E-state index contributed by atoms with van der Waals surface area (Å²) in [5.74, 6) is 0. The standard InChI is InChI=1S/C10H17BrN2S/c1-13(7-2-6-12)8-5-9-3-4-10(11)14-9/h3-4H,2,5-8,12H2,1H3. The van der Waals surface area contributed by atoms with Crippen LogP contribution in [0.4, 0.5) is 0 Å². The van der Waals surface area contributed by atoms with Gasteiger partial charge in [0.15, 0.2) is 0 Å². The lowest BCUT2D eigenvalue weighted by Crippen LogP contribution is -2.23. The zero-order chi connectivity index (χ0) is 10.4. The second-order valence-electron chi connectivity index (χ2n) is 3.40. The van der Waals surface area contributed by atoms with Crippen LogP contribution in [-0.2, 0) is 6.42 Å². The van der Waals surface area contributed by atoms with Crippen molar-refractivity contribution in [1.82, 2.24) is 4.90 Å². The maximum Gasteiger partial charge on any atom is 0.0701 e. The molecule has 0 radical (unpaired) electrons. The highest BCUT2D eigenvalue weighted by Gasteiger charge is 2.00. The minimum Gasteiger partial charge on any atom is -0.330 e. The van der Waals surface area contributed by atoms with E-state index in [1.165, 1.54) is 8.66 Å². The summed E-state index contributed by atoms with van der Waals surface area (Å²) < 4.78 is 1.22. The molecule has 0 saturated heterocycles. The third-order valence-corrected chi connectivity index (χ3v) is 3.80. The molecule has 14 heavy (non-hydrogen) atoms. The highest BCUT2D eigenvalue weighted by Crippen LogP contribution is 2.22. The van der Waals surface area contributed by atoms with Crippen molar-refractivity contribution in [3.8, 4) is 0 Å². The van der Waals surface area contributed by atoms with Crippen LogP contribution in [0.1, 0.15) is 11.3 Å². The van der Waals surface area contributed by atoms with Gasteiger partial charge in [0.05, 0.1) is 3.79 Å². The van der Waals surface area contributed by atoms with Crippen LogP contribution in [0.15, 0.2) is 15.9 Å². The Labute approximate surface area is 98.2 Å². The van der Waals surface area contributed by atoms with E-state index >= 15 is 0 Å². The first-order chi connectivity index (χ1) is 6.72. The van der Waals surface area contributed by atoms with Crippen molar-refractivity contribution in [2.24, 2.45) is 5.73 Å². The molecule has 80 valence electrons. The third-order valence-electron chi connectivity index (χ3n) is 2.11. The molecule has 0 bridgehead atoms. The Bertz CT molecular complexity index is 262. The van der Waals surface area contributed by atoms with E-state index in [-0.39, 0.29) is 0 Å². The molecule has 0 spiro atoms. The molecule has 1 heterocycles. The quantitative estimate of drug-likeness (QED) is 0.864. The highest BCUT2D eigenvalue weighted by molar-refractivity contribution is 9.11. The van der Waals surface area contributed by atoms with E-state index in [9.17, 15) is 0 Å². The van der Waals surface area contributed by atoms with Crippen LogP contribution in [0.3, 0.4) is 0 Å². The number of halogens is 1. The lowest BCUT2D eigenvalue weighted by atomic mass is 10.3. The van der Waals surface area contributed by atoms with Gasteiger partial charge < -0.3 is 10.6 Å². The molecule has 0 aliphatic rings. The summed E-state index contributed by atoms with van der Waals surface area (Å²) in [6.45, 7) is 3.00. The summed E-state index contributed by atoms with van der Waals surface area (Å²) in [5.41, 5.74) is 5.46. The molecule has 0 aromatic carbocycles. The fraction of sp³-hybridized carbons (Fsp3) is 0.600. The van der Waals surface area contributed by atoms with E-state index in [0.717, 1.165) is 32.5 Å². The van der Waals surface area contributed by atoms with Gasteiger partial charge >= 0.3 is 0 Å². The van der Waals surface area contributed by atoms with Gasteiger partial charge in [-0.1, -0.05) is 0 Å². The Morgan fingerprint density at radius 1 is 1.43 bits per heavy atom. The fourth-order valence-electron chi connectivity index (χ4n) is 1.26. The van der Waals surface area contributed by atoms with Crippen LogP contribution in [0.25, 0.3) is 0 Å². The molecule has 0 aliphatic heterocycles. The van der Waals surface area contributed by atoms with Crippen LogP contribution < -0.4 is 5.73 Å². The maximum absolute atomic E-state index is 5.46. The molecular formula is C10H17BrN2S. The van der Waals surface area contributed by atoms with Crippen molar-refractivity contribution in [2.45, 2.75) is 12.8 Å². The van der Waals surface area contributed by atoms with E-state index in [4.69, 9.17) is 5.73 Å². The van der Waals surface area contributed by atoms with Crippen LogP contribution in [-0.4, -0.2) is 31.6 Å². The number of thiophene rings is 1. The van der Waals surface area contributed by atoms with Crippen molar-refractivity contribution in [2.75, 3.05) is 26.7 Å². The number of nitrogens with two attached hydrogens (primary N) is 1. The molecule has 1 rings (SSSR count). The van der Waals surface area contributed by atoms with E-state index in [1.54, 1.807) is 0 Å². The van der Waals surface area contributed by atoms with Crippen molar-refractivity contribution in [3.63, 3.8) is 0 Å². The molecule has 0 atom stereocenters. The van der Waals surface area contributed by atoms with Crippen molar-refractivity contribution >= 4 is 27.3 Å². The van der Waals surface area contributed by atoms with Crippen LogP contribution in [0.5, 0.6) is 0 Å². The number of nitrogens with zero attached hydrogens (tertiary/aromatic N) is 1. The normalized spacial score (nSPS) is 11.1. The van der Waals surface area contributed by atoms with E-state index in [1.807, 2.05) is 11.3 Å². The van der Waals surface area contributed by atoms with Crippen molar-refractivity contribution in [1.29, 1.82) is 0 Å². The predicted molar refractivity (Wildman–Crippen MR) is 66.9 cm³/mol. The summed E-state index contributed by atoms with van der Waals surface area (Å²) in [5, 5.41) is 0. The molecule has 2 nitrogen and oxygen atoms in total. The number of hydrogen-bond acceptors (Lipinski definition) is 3. The Morgan fingerprint density at radius 2 is 2.21 bits per heavy atom. The first-order valence-electron chi connectivity index (χ1n) is 4.85. The monoisotopic (exact) mass is 276 g/mol. The minimum atomic E-state index is 0.787. The third kappa shape index (κ3) is 4.55. The Balaban J connectivity index is 2.20. The van der Waals surface area contributed by atoms with Gasteiger partial charge in [-0.05, 0) is 61.0 Å². The molecule has 0 aliphatic carbocycles. The van der Waals surface area contributed by atoms with Crippen LogP contribution in [0.2, 0.25) is 0 Å². The van der Waals surface area contributed by atoms with Gasteiger partial charge in [-0.15, -0.1) is 11.3 Å². The smallest absolute Gasteiger partial charge is 0.0701 e. The average Bonchev–Trinajstić information content (AvgIpc) is 2.58. The highest BCUT2D eigenvalue weighted by atomic mass is 79.9. The van der Waals surface area contributed by atoms with Gasteiger partial charge in [0.25, 0.3) is 0 Å². The van der Waals surface area contributed by atoms with E-state index in [0.29, 0.717) is 0 Å². The molecule has 1 aromatic rings. The lowest BCUT2D eigenvalue weighted by molar-refractivity contribution is 0.336. The van der Waals surface area contributed by atoms with Crippen LogP contribution >= 0.6 is 27.3 Å². The number of hydrogen-bond donors (Lipinski definition) is 1. The van der Waals surface area contributed by atoms with Gasteiger partial charge in [0, 0.05) is 11.4 Å². The van der Waals surface area contributed by atoms with Gasteiger partial charge in [0.2, 0.25) is 0 Å². The van der Waals surface area contributed by atoms with Crippen molar-refractivity contribution in [3.05, 3.63) is 20.8 Å². The topological polar surface area (TPSA) is 29.3 Å². The summed E-state index contributed by atoms with van der Waals surface area (Å²) in [4.78, 5) is 3.77. The zero-order valence-corrected chi connectivity index (χ0v) is 10.9. The maximum atomic E-state index is 5.46. The molecule has 0 saturated carbocycles. The minimum absolute atomic E-state index is 0.787. The van der Waals surface area contributed by atoms with Gasteiger partial charge in [0.1, 0.15) is 0 Å². The molecule has 4 heteroatoms. The van der Waals surface area contributed by atoms with Crippen molar-refractivity contribution < 1.29 is 0 Å².